The fraction of sp³-hybridized carbons (Fsp3) is 0.409. The second-order valence-electron chi connectivity index (χ2n) is 7.50. The van der Waals surface area contributed by atoms with Crippen molar-refractivity contribution in [1.29, 1.82) is 0 Å². The number of amides is 1. The molecule has 0 radical (unpaired) electrons. The van der Waals surface area contributed by atoms with Gasteiger partial charge in [0.1, 0.15) is 0 Å². The standard InChI is InChI=1S/C22H29ClN4O3S/c1-2-26-13-15-27(16-14-26)12-6-11-24-22(28)18-7-5-8-19(17-18)31(29,30)25-21-10-4-3-9-20(21)23/h3-5,7-10,17,25H,2,6,11-16H2,1H3,(H,24,28). The van der Waals surface area contributed by atoms with Crippen molar-refractivity contribution in [3.8, 4) is 0 Å². The van der Waals surface area contributed by atoms with Gasteiger partial charge in [0.15, 0.2) is 0 Å². The zero-order valence-electron chi connectivity index (χ0n) is 17.7. The van der Waals surface area contributed by atoms with Crippen LogP contribution in [0.5, 0.6) is 0 Å². The van der Waals surface area contributed by atoms with Crippen LogP contribution in [0.25, 0.3) is 0 Å². The van der Waals surface area contributed by atoms with E-state index in [1.807, 2.05) is 0 Å². The van der Waals surface area contributed by atoms with Crippen LogP contribution in [0.15, 0.2) is 53.4 Å². The van der Waals surface area contributed by atoms with Gasteiger partial charge < -0.3 is 15.1 Å². The van der Waals surface area contributed by atoms with Gasteiger partial charge >= 0.3 is 0 Å². The van der Waals surface area contributed by atoms with Crippen LogP contribution in [0.1, 0.15) is 23.7 Å². The largest absolute Gasteiger partial charge is 0.352 e. The highest BCUT2D eigenvalue weighted by Crippen LogP contribution is 2.24. The first-order valence-corrected chi connectivity index (χ1v) is 12.4. The predicted octanol–water partition coefficient (Wildman–Crippen LogP) is 2.90. The lowest BCUT2D eigenvalue weighted by molar-refractivity contribution is 0.0948. The van der Waals surface area contributed by atoms with E-state index in [0.717, 1.165) is 45.7 Å². The third kappa shape index (κ3) is 6.67. The Morgan fingerprint density at radius 3 is 2.45 bits per heavy atom. The van der Waals surface area contributed by atoms with Crippen molar-refractivity contribution in [1.82, 2.24) is 15.1 Å². The molecule has 0 unspecified atom stereocenters. The van der Waals surface area contributed by atoms with E-state index in [1.54, 1.807) is 36.4 Å². The van der Waals surface area contributed by atoms with Crippen LogP contribution < -0.4 is 10.0 Å². The van der Waals surface area contributed by atoms with Gasteiger partial charge in [0, 0.05) is 38.3 Å². The molecule has 0 atom stereocenters. The second-order valence-corrected chi connectivity index (χ2v) is 9.59. The number of carbonyl (C=O) groups is 1. The number of sulfonamides is 1. The second kappa shape index (κ2) is 10.9. The maximum atomic E-state index is 12.7. The van der Waals surface area contributed by atoms with Gasteiger partial charge in [0.05, 0.1) is 15.6 Å². The lowest BCUT2D eigenvalue weighted by Gasteiger charge is -2.33. The van der Waals surface area contributed by atoms with Crippen LogP contribution in [0.3, 0.4) is 0 Å². The first-order chi connectivity index (χ1) is 14.9. The number of halogens is 1. The molecular formula is C22H29ClN4O3S. The molecule has 3 rings (SSSR count). The van der Waals surface area contributed by atoms with E-state index in [-0.39, 0.29) is 10.8 Å². The maximum absolute atomic E-state index is 12.7. The summed E-state index contributed by atoms with van der Waals surface area (Å²) in [6.07, 6.45) is 0.851. The molecule has 0 aromatic heterocycles. The summed E-state index contributed by atoms with van der Waals surface area (Å²) in [7, 11) is -3.86. The van der Waals surface area contributed by atoms with Crippen LogP contribution in [0.2, 0.25) is 5.02 Å². The van der Waals surface area contributed by atoms with Gasteiger partial charge in [0.25, 0.3) is 15.9 Å². The van der Waals surface area contributed by atoms with E-state index >= 15 is 0 Å². The fourth-order valence-corrected chi connectivity index (χ4v) is 4.85. The first-order valence-electron chi connectivity index (χ1n) is 10.5. The number of nitrogens with one attached hydrogen (secondary N) is 2. The number of rotatable bonds is 9. The van der Waals surface area contributed by atoms with Crippen LogP contribution in [0, 0.1) is 0 Å². The summed E-state index contributed by atoms with van der Waals surface area (Å²) in [5.74, 6) is -0.286. The fourth-order valence-electron chi connectivity index (χ4n) is 3.49. The van der Waals surface area contributed by atoms with Crippen molar-refractivity contribution in [2.24, 2.45) is 0 Å². The van der Waals surface area contributed by atoms with Gasteiger partial charge in [-0.1, -0.05) is 36.7 Å². The normalized spacial score (nSPS) is 15.5. The number of hydrogen-bond acceptors (Lipinski definition) is 5. The topological polar surface area (TPSA) is 81.8 Å². The summed E-state index contributed by atoms with van der Waals surface area (Å²) in [5, 5.41) is 3.19. The Hall–Kier alpha value is -2.13. The molecule has 1 amide bonds. The smallest absolute Gasteiger partial charge is 0.261 e. The predicted molar refractivity (Wildman–Crippen MR) is 124 cm³/mol. The maximum Gasteiger partial charge on any atom is 0.261 e. The summed E-state index contributed by atoms with van der Waals surface area (Å²) >= 11 is 6.04. The highest BCUT2D eigenvalue weighted by atomic mass is 35.5. The molecule has 1 fully saturated rings. The number of benzene rings is 2. The van der Waals surface area contributed by atoms with Crippen molar-refractivity contribution in [2.45, 2.75) is 18.2 Å². The molecule has 2 N–H and O–H groups in total. The molecule has 2 aromatic rings. The van der Waals surface area contributed by atoms with E-state index in [1.165, 1.54) is 12.1 Å². The molecular weight excluding hydrogens is 436 g/mol. The molecule has 0 saturated carbocycles. The average molecular weight is 465 g/mol. The molecule has 0 aliphatic carbocycles. The number of para-hydroxylation sites is 1. The van der Waals surface area contributed by atoms with Crippen LogP contribution in [-0.2, 0) is 10.0 Å². The minimum Gasteiger partial charge on any atom is -0.352 e. The number of anilines is 1. The molecule has 9 heteroatoms. The number of likely N-dealkylation sites (N-methyl/N-ethyl adjacent to an activating group) is 1. The van der Waals surface area contributed by atoms with E-state index in [0.29, 0.717) is 22.8 Å². The molecule has 0 spiro atoms. The third-order valence-corrected chi connectivity index (χ3v) is 7.07. The Bertz CT molecular complexity index is 992. The summed E-state index contributed by atoms with van der Waals surface area (Å²) in [6, 6.07) is 12.6. The Balaban J connectivity index is 1.52. The van der Waals surface area contributed by atoms with Gasteiger partial charge in [-0.3, -0.25) is 9.52 Å². The first kappa shape index (κ1) is 23.5. The molecule has 1 aliphatic heterocycles. The van der Waals surface area contributed by atoms with Gasteiger partial charge in [0.2, 0.25) is 0 Å². The molecule has 1 aliphatic rings. The average Bonchev–Trinajstić information content (AvgIpc) is 2.78. The van der Waals surface area contributed by atoms with E-state index < -0.39 is 10.0 Å². The van der Waals surface area contributed by atoms with Crippen molar-refractivity contribution >= 4 is 33.2 Å². The highest BCUT2D eigenvalue weighted by molar-refractivity contribution is 7.92. The zero-order valence-corrected chi connectivity index (χ0v) is 19.3. The molecule has 7 nitrogen and oxygen atoms in total. The van der Waals surface area contributed by atoms with Crippen molar-refractivity contribution in [2.75, 3.05) is 50.5 Å². The molecule has 2 aromatic carbocycles. The van der Waals surface area contributed by atoms with Crippen LogP contribution in [-0.4, -0.2) is 69.9 Å². The Morgan fingerprint density at radius 1 is 1.03 bits per heavy atom. The van der Waals surface area contributed by atoms with E-state index in [9.17, 15) is 13.2 Å². The number of hydrogen-bond donors (Lipinski definition) is 2. The quantitative estimate of drug-likeness (QED) is 0.557. The summed E-state index contributed by atoms with van der Waals surface area (Å²) in [6.45, 7) is 9.04. The number of carbonyl (C=O) groups excluding carboxylic acids is 1. The monoisotopic (exact) mass is 464 g/mol. The van der Waals surface area contributed by atoms with Gasteiger partial charge in [-0.15, -0.1) is 0 Å². The number of nitrogens with zero attached hydrogens (tertiary/aromatic N) is 2. The Morgan fingerprint density at radius 2 is 1.74 bits per heavy atom. The van der Waals surface area contributed by atoms with Gasteiger partial charge in [-0.2, -0.15) is 0 Å². The minimum atomic E-state index is -3.86. The summed E-state index contributed by atoms with van der Waals surface area (Å²) < 4.78 is 27.9. The van der Waals surface area contributed by atoms with Gasteiger partial charge in [-0.25, -0.2) is 8.42 Å². The third-order valence-electron chi connectivity index (χ3n) is 5.37. The SMILES string of the molecule is CCN1CCN(CCCNC(=O)c2cccc(S(=O)(=O)Nc3ccccc3Cl)c2)CC1. The summed E-state index contributed by atoms with van der Waals surface area (Å²) in [5.41, 5.74) is 0.595. The minimum absolute atomic E-state index is 0.00821. The Labute approximate surface area is 189 Å². The Kier molecular flexibility index (Phi) is 8.31. The van der Waals surface area contributed by atoms with Crippen LogP contribution >= 0.6 is 11.6 Å². The molecule has 0 bridgehead atoms. The van der Waals surface area contributed by atoms with Crippen LogP contribution in [0.4, 0.5) is 5.69 Å². The van der Waals surface area contributed by atoms with Crippen molar-refractivity contribution in [3.05, 3.63) is 59.1 Å². The van der Waals surface area contributed by atoms with Gasteiger partial charge in [-0.05, 0) is 49.8 Å². The van der Waals surface area contributed by atoms with E-state index in [2.05, 4.69) is 26.8 Å². The van der Waals surface area contributed by atoms with Crippen molar-refractivity contribution in [3.63, 3.8) is 0 Å². The molecule has 168 valence electrons. The van der Waals surface area contributed by atoms with Crippen molar-refractivity contribution < 1.29 is 13.2 Å². The summed E-state index contributed by atoms with van der Waals surface area (Å²) in [4.78, 5) is 17.3. The molecule has 1 saturated heterocycles. The highest BCUT2D eigenvalue weighted by Gasteiger charge is 2.18. The number of piperazine rings is 1. The lowest BCUT2D eigenvalue weighted by Crippen LogP contribution is -2.46. The lowest BCUT2D eigenvalue weighted by atomic mass is 10.2. The molecule has 1 heterocycles. The molecule has 31 heavy (non-hydrogen) atoms. The van der Waals surface area contributed by atoms with E-state index in [4.69, 9.17) is 11.6 Å². The zero-order chi connectivity index (χ0) is 22.3.